The van der Waals surface area contributed by atoms with E-state index in [0.717, 1.165) is 36.6 Å². The fourth-order valence-corrected chi connectivity index (χ4v) is 3.95. The number of hydrogen-bond donors (Lipinski definition) is 2. The Morgan fingerprint density at radius 2 is 2.19 bits per heavy atom. The number of nitrogens with zero attached hydrogens (tertiary/aromatic N) is 2. The molecule has 6 heteroatoms. The molecule has 1 aromatic rings. The maximum absolute atomic E-state index is 12.1. The lowest BCUT2D eigenvalue weighted by Gasteiger charge is -2.25. The van der Waals surface area contributed by atoms with Gasteiger partial charge in [-0.1, -0.05) is 6.42 Å². The molecule has 1 aromatic heterocycles. The number of amides is 1. The molecule has 1 saturated heterocycles. The van der Waals surface area contributed by atoms with Gasteiger partial charge >= 0.3 is 0 Å². The van der Waals surface area contributed by atoms with E-state index in [9.17, 15) is 4.79 Å². The summed E-state index contributed by atoms with van der Waals surface area (Å²) in [6, 6.07) is 0.187. The quantitative estimate of drug-likeness (QED) is 0.894. The average molecular weight is 308 g/mol. The van der Waals surface area contributed by atoms with Crippen LogP contribution in [0.15, 0.2) is 5.38 Å². The van der Waals surface area contributed by atoms with Crippen LogP contribution in [0.4, 0.5) is 5.13 Å². The standard InChI is InChI=1S/C15H24N4OS/c16-12-5-4-11(8-12)14(20)18-15-17-13(10-21-15)9-19-6-2-1-3-7-19/h10-12H,1-9,16H2,(H,17,18,20). The molecule has 2 unspecified atom stereocenters. The Kier molecular flexibility index (Phi) is 4.87. The molecule has 21 heavy (non-hydrogen) atoms. The highest BCUT2D eigenvalue weighted by Gasteiger charge is 2.28. The summed E-state index contributed by atoms with van der Waals surface area (Å²) < 4.78 is 0. The zero-order valence-corrected chi connectivity index (χ0v) is 13.2. The van der Waals surface area contributed by atoms with Crippen LogP contribution in [0.1, 0.15) is 44.2 Å². The first-order valence-electron chi connectivity index (χ1n) is 7.94. The maximum atomic E-state index is 12.1. The van der Waals surface area contributed by atoms with Crippen LogP contribution in [0.2, 0.25) is 0 Å². The van der Waals surface area contributed by atoms with E-state index in [0.29, 0.717) is 0 Å². The SMILES string of the molecule is NC1CCC(C(=O)Nc2nc(CN3CCCCC3)cs2)C1. The van der Waals surface area contributed by atoms with Gasteiger partial charge in [0.25, 0.3) is 0 Å². The summed E-state index contributed by atoms with van der Waals surface area (Å²) in [5, 5.41) is 5.75. The Labute approximate surface area is 129 Å². The minimum Gasteiger partial charge on any atom is -0.328 e. The van der Waals surface area contributed by atoms with Gasteiger partial charge in [0.15, 0.2) is 5.13 Å². The third-order valence-electron chi connectivity index (χ3n) is 4.46. The normalized spacial score (nSPS) is 26.9. The van der Waals surface area contributed by atoms with Gasteiger partial charge < -0.3 is 11.1 Å². The summed E-state index contributed by atoms with van der Waals surface area (Å²) in [6.45, 7) is 3.24. The summed E-state index contributed by atoms with van der Waals surface area (Å²) >= 11 is 1.53. The highest BCUT2D eigenvalue weighted by Crippen LogP contribution is 2.26. The fourth-order valence-electron chi connectivity index (χ4n) is 3.25. The van der Waals surface area contributed by atoms with Crippen LogP contribution in [0.5, 0.6) is 0 Å². The van der Waals surface area contributed by atoms with Crippen molar-refractivity contribution in [1.29, 1.82) is 0 Å². The molecule has 2 fully saturated rings. The highest BCUT2D eigenvalue weighted by molar-refractivity contribution is 7.13. The molecule has 2 heterocycles. The van der Waals surface area contributed by atoms with Crippen molar-refractivity contribution in [3.63, 3.8) is 0 Å². The number of thiazole rings is 1. The van der Waals surface area contributed by atoms with Crippen LogP contribution in [0.3, 0.4) is 0 Å². The van der Waals surface area contributed by atoms with E-state index in [4.69, 9.17) is 5.73 Å². The molecule has 0 aromatic carbocycles. The summed E-state index contributed by atoms with van der Waals surface area (Å²) in [6.07, 6.45) is 6.58. The first kappa shape index (κ1) is 14.9. The predicted molar refractivity (Wildman–Crippen MR) is 85.2 cm³/mol. The number of carbonyl (C=O) groups is 1. The molecule has 0 radical (unpaired) electrons. The molecule has 0 spiro atoms. The Hall–Kier alpha value is -0.980. The fraction of sp³-hybridized carbons (Fsp3) is 0.733. The van der Waals surface area contributed by atoms with Gasteiger partial charge in [0, 0.05) is 23.9 Å². The van der Waals surface area contributed by atoms with E-state index in [1.54, 1.807) is 0 Å². The van der Waals surface area contributed by atoms with E-state index in [-0.39, 0.29) is 17.9 Å². The molecule has 1 aliphatic heterocycles. The van der Waals surface area contributed by atoms with Crippen LogP contribution in [0.25, 0.3) is 0 Å². The zero-order chi connectivity index (χ0) is 14.7. The van der Waals surface area contributed by atoms with Crippen molar-refractivity contribution >= 4 is 22.4 Å². The van der Waals surface area contributed by atoms with Gasteiger partial charge in [0.2, 0.25) is 5.91 Å². The minimum absolute atomic E-state index is 0.0643. The molecule has 1 aliphatic carbocycles. The monoisotopic (exact) mass is 308 g/mol. The highest BCUT2D eigenvalue weighted by atomic mass is 32.1. The Morgan fingerprint density at radius 1 is 1.38 bits per heavy atom. The molecule has 3 N–H and O–H groups in total. The lowest BCUT2D eigenvalue weighted by atomic mass is 10.1. The first-order valence-corrected chi connectivity index (χ1v) is 8.82. The molecule has 0 bridgehead atoms. The van der Waals surface area contributed by atoms with Crippen LogP contribution < -0.4 is 11.1 Å². The molecule has 1 amide bonds. The number of piperidine rings is 1. The van der Waals surface area contributed by atoms with E-state index in [2.05, 4.69) is 20.6 Å². The molecule has 3 rings (SSSR count). The number of carbonyl (C=O) groups excluding carboxylic acids is 1. The van der Waals surface area contributed by atoms with Gasteiger partial charge in [-0.05, 0) is 45.2 Å². The maximum Gasteiger partial charge on any atom is 0.229 e. The Morgan fingerprint density at radius 3 is 2.90 bits per heavy atom. The van der Waals surface area contributed by atoms with Crippen molar-refractivity contribution in [2.24, 2.45) is 11.7 Å². The van der Waals surface area contributed by atoms with Crippen molar-refractivity contribution in [2.45, 2.75) is 51.1 Å². The largest absolute Gasteiger partial charge is 0.328 e. The topological polar surface area (TPSA) is 71.2 Å². The van der Waals surface area contributed by atoms with Crippen LogP contribution in [-0.4, -0.2) is 34.9 Å². The molecular weight excluding hydrogens is 284 g/mol. The van der Waals surface area contributed by atoms with Gasteiger partial charge in [-0.2, -0.15) is 0 Å². The van der Waals surface area contributed by atoms with Crippen molar-refractivity contribution in [1.82, 2.24) is 9.88 Å². The van der Waals surface area contributed by atoms with Gasteiger partial charge in [0.05, 0.1) is 5.69 Å². The Balaban J connectivity index is 1.51. The minimum atomic E-state index is 0.0643. The third kappa shape index (κ3) is 4.02. The van der Waals surface area contributed by atoms with Crippen molar-refractivity contribution in [3.05, 3.63) is 11.1 Å². The molecule has 5 nitrogen and oxygen atoms in total. The van der Waals surface area contributed by atoms with Crippen LogP contribution >= 0.6 is 11.3 Å². The number of rotatable bonds is 4. The second-order valence-electron chi connectivity index (χ2n) is 6.24. The molecule has 116 valence electrons. The number of anilines is 1. The summed E-state index contributed by atoms with van der Waals surface area (Å²) in [5.74, 6) is 0.149. The second-order valence-corrected chi connectivity index (χ2v) is 7.10. The number of aromatic nitrogens is 1. The van der Waals surface area contributed by atoms with E-state index in [1.807, 2.05) is 0 Å². The van der Waals surface area contributed by atoms with Crippen LogP contribution in [-0.2, 0) is 11.3 Å². The predicted octanol–water partition coefficient (Wildman–Crippen LogP) is 2.19. The third-order valence-corrected chi connectivity index (χ3v) is 5.27. The van der Waals surface area contributed by atoms with Gasteiger partial charge in [-0.3, -0.25) is 9.69 Å². The Bertz CT molecular complexity index is 484. The van der Waals surface area contributed by atoms with Crippen LogP contribution in [0, 0.1) is 5.92 Å². The number of nitrogens with two attached hydrogens (primary N) is 1. The lowest BCUT2D eigenvalue weighted by Crippen LogP contribution is -2.29. The zero-order valence-electron chi connectivity index (χ0n) is 12.4. The van der Waals surface area contributed by atoms with Gasteiger partial charge in [-0.15, -0.1) is 11.3 Å². The van der Waals surface area contributed by atoms with E-state index >= 15 is 0 Å². The average Bonchev–Trinajstić information content (AvgIpc) is 3.09. The molecule has 2 aliphatic rings. The molecular formula is C15H24N4OS. The molecule has 2 atom stereocenters. The van der Waals surface area contributed by atoms with Gasteiger partial charge in [0.1, 0.15) is 0 Å². The molecule has 1 saturated carbocycles. The van der Waals surface area contributed by atoms with Crippen molar-refractivity contribution < 1.29 is 4.79 Å². The van der Waals surface area contributed by atoms with Crippen molar-refractivity contribution in [2.75, 3.05) is 18.4 Å². The number of hydrogen-bond acceptors (Lipinski definition) is 5. The number of likely N-dealkylation sites (tertiary alicyclic amines) is 1. The second kappa shape index (κ2) is 6.85. The van der Waals surface area contributed by atoms with E-state index in [1.165, 1.54) is 43.7 Å². The summed E-state index contributed by atoms with van der Waals surface area (Å²) in [7, 11) is 0. The lowest BCUT2D eigenvalue weighted by molar-refractivity contribution is -0.119. The van der Waals surface area contributed by atoms with Crippen molar-refractivity contribution in [3.8, 4) is 0 Å². The first-order chi connectivity index (χ1) is 10.2. The van der Waals surface area contributed by atoms with E-state index < -0.39 is 0 Å². The van der Waals surface area contributed by atoms with Gasteiger partial charge in [-0.25, -0.2) is 4.98 Å². The number of nitrogens with one attached hydrogen (secondary N) is 1. The smallest absolute Gasteiger partial charge is 0.229 e. The summed E-state index contributed by atoms with van der Waals surface area (Å²) in [4.78, 5) is 19.1. The summed E-state index contributed by atoms with van der Waals surface area (Å²) in [5.41, 5.74) is 6.94.